The molecule has 0 atom stereocenters. The van der Waals surface area contributed by atoms with Crippen molar-refractivity contribution < 1.29 is 13.2 Å². The topological polar surface area (TPSA) is 72.6 Å². The Balaban J connectivity index is 2.44. The molecule has 1 aliphatic heterocycles. The van der Waals surface area contributed by atoms with Gasteiger partial charge in [-0.2, -0.15) is 4.31 Å². The van der Waals surface area contributed by atoms with E-state index in [0.29, 0.717) is 25.3 Å². The van der Waals surface area contributed by atoms with E-state index in [9.17, 15) is 8.42 Å². The van der Waals surface area contributed by atoms with E-state index in [1.54, 1.807) is 25.1 Å². The lowest BCUT2D eigenvalue weighted by Gasteiger charge is -2.40. The fourth-order valence-corrected chi connectivity index (χ4v) is 4.56. The Morgan fingerprint density at radius 2 is 2.10 bits per heavy atom. The third-order valence-corrected chi connectivity index (χ3v) is 5.95. The highest BCUT2D eigenvalue weighted by atomic mass is 32.2. The minimum Gasteiger partial charge on any atom is -0.389 e. The molecule has 0 unspecified atom stereocenters. The second kappa shape index (κ2) is 5.64. The number of ether oxygens (including phenoxy) is 1. The van der Waals surface area contributed by atoms with Crippen LogP contribution in [0.3, 0.4) is 0 Å². The fourth-order valence-electron chi connectivity index (χ4n) is 2.49. The number of nitrogens with zero attached hydrogens (tertiary/aromatic N) is 1. The Hall–Kier alpha value is -1.02. The number of rotatable bonds is 3. The number of nitrogens with two attached hydrogens (primary N) is 1. The Morgan fingerprint density at radius 1 is 1.43 bits per heavy atom. The van der Waals surface area contributed by atoms with E-state index >= 15 is 0 Å². The van der Waals surface area contributed by atoms with Gasteiger partial charge in [-0.3, -0.25) is 0 Å². The second-order valence-electron chi connectivity index (χ2n) is 5.78. The maximum atomic E-state index is 12.8. The molecule has 1 aliphatic rings. The average molecular weight is 328 g/mol. The van der Waals surface area contributed by atoms with Gasteiger partial charge in [0.05, 0.1) is 23.6 Å². The van der Waals surface area contributed by atoms with Crippen LogP contribution in [0.2, 0.25) is 0 Å². The summed E-state index contributed by atoms with van der Waals surface area (Å²) in [5.74, 6) is 0. The second-order valence-corrected chi connectivity index (χ2v) is 8.09. The summed E-state index contributed by atoms with van der Waals surface area (Å²) < 4.78 is 32.6. The van der Waals surface area contributed by atoms with E-state index in [0.717, 1.165) is 5.56 Å². The van der Waals surface area contributed by atoms with Crippen molar-refractivity contribution in [2.24, 2.45) is 5.73 Å². The minimum atomic E-state index is -3.57. The van der Waals surface area contributed by atoms with Crippen LogP contribution < -0.4 is 5.73 Å². The van der Waals surface area contributed by atoms with Gasteiger partial charge in [-0.1, -0.05) is 18.3 Å². The van der Waals surface area contributed by atoms with E-state index in [1.807, 2.05) is 13.8 Å². The van der Waals surface area contributed by atoms with Gasteiger partial charge >= 0.3 is 0 Å². The molecule has 2 rings (SSSR count). The summed E-state index contributed by atoms with van der Waals surface area (Å²) in [4.78, 5) is 0.526. The zero-order valence-electron chi connectivity index (χ0n) is 12.4. The lowest BCUT2D eigenvalue weighted by atomic mass is 10.1. The predicted octanol–water partition coefficient (Wildman–Crippen LogP) is 1.43. The Kier molecular flexibility index (Phi) is 4.39. The fraction of sp³-hybridized carbons (Fsp3) is 0.500. The molecule has 0 spiro atoms. The van der Waals surface area contributed by atoms with Gasteiger partial charge in [-0.25, -0.2) is 8.42 Å². The number of sulfonamides is 1. The van der Waals surface area contributed by atoms with Crippen molar-refractivity contribution in [2.45, 2.75) is 31.2 Å². The van der Waals surface area contributed by atoms with Crippen LogP contribution in [0.25, 0.3) is 0 Å². The molecule has 0 aliphatic carbocycles. The number of aryl methyl sites for hydroxylation is 1. The van der Waals surface area contributed by atoms with Crippen LogP contribution in [0, 0.1) is 6.92 Å². The van der Waals surface area contributed by atoms with Gasteiger partial charge < -0.3 is 10.5 Å². The number of thiocarbonyl (C=S) groups is 1. The molecule has 1 heterocycles. The molecular formula is C14H20N2O3S2. The maximum absolute atomic E-state index is 12.8. The molecule has 0 saturated carbocycles. The zero-order valence-corrected chi connectivity index (χ0v) is 14.1. The summed E-state index contributed by atoms with van der Waals surface area (Å²) in [6, 6.07) is 4.84. The van der Waals surface area contributed by atoms with E-state index in [1.165, 1.54) is 4.31 Å². The van der Waals surface area contributed by atoms with Crippen LogP contribution in [0.1, 0.15) is 25.0 Å². The molecule has 0 radical (unpaired) electrons. The van der Waals surface area contributed by atoms with Crippen molar-refractivity contribution in [1.29, 1.82) is 0 Å². The number of hydrogen-bond donors (Lipinski definition) is 1. The highest BCUT2D eigenvalue weighted by Gasteiger charge is 2.39. The summed E-state index contributed by atoms with van der Waals surface area (Å²) in [7, 11) is -3.57. The third-order valence-electron chi connectivity index (χ3n) is 3.62. The summed E-state index contributed by atoms with van der Waals surface area (Å²) >= 11 is 4.95. The first-order chi connectivity index (χ1) is 9.66. The monoisotopic (exact) mass is 328 g/mol. The van der Waals surface area contributed by atoms with Crippen LogP contribution in [-0.4, -0.2) is 43.0 Å². The van der Waals surface area contributed by atoms with E-state index < -0.39 is 15.6 Å². The summed E-state index contributed by atoms with van der Waals surface area (Å²) in [6.45, 7) is 6.67. The first-order valence-corrected chi connectivity index (χ1v) is 8.52. The molecule has 0 amide bonds. The Bertz CT molecular complexity index is 669. The molecule has 1 aromatic carbocycles. The van der Waals surface area contributed by atoms with Gasteiger partial charge in [0.25, 0.3) is 0 Å². The first kappa shape index (κ1) is 16.4. The number of morpholine rings is 1. The van der Waals surface area contributed by atoms with Gasteiger partial charge in [-0.05, 0) is 38.5 Å². The van der Waals surface area contributed by atoms with Crippen LogP contribution in [-0.2, 0) is 14.8 Å². The lowest BCUT2D eigenvalue weighted by Crippen LogP contribution is -2.55. The van der Waals surface area contributed by atoms with Crippen molar-refractivity contribution in [2.75, 3.05) is 19.8 Å². The number of hydrogen-bond acceptors (Lipinski definition) is 4. The molecule has 5 nitrogen and oxygen atoms in total. The molecule has 2 N–H and O–H groups in total. The van der Waals surface area contributed by atoms with Crippen LogP contribution in [0.4, 0.5) is 0 Å². The van der Waals surface area contributed by atoms with Gasteiger partial charge in [0.2, 0.25) is 10.0 Å². The minimum absolute atomic E-state index is 0.259. The quantitative estimate of drug-likeness (QED) is 0.850. The van der Waals surface area contributed by atoms with Crippen molar-refractivity contribution in [1.82, 2.24) is 4.31 Å². The highest BCUT2D eigenvalue weighted by molar-refractivity contribution is 7.89. The smallest absolute Gasteiger partial charge is 0.243 e. The first-order valence-electron chi connectivity index (χ1n) is 6.67. The van der Waals surface area contributed by atoms with Gasteiger partial charge in [0.15, 0.2) is 0 Å². The van der Waals surface area contributed by atoms with Crippen molar-refractivity contribution in [3.63, 3.8) is 0 Å². The standard InChI is InChI=1S/C14H20N2O3S2/c1-10-8-11(4-5-12(10)13(15)20)21(17,18)16-6-7-19-9-14(16,2)3/h4-5,8H,6-7,9H2,1-3H3,(H2,15,20). The van der Waals surface area contributed by atoms with E-state index in [-0.39, 0.29) is 9.88 Å². The van der Waals surface area contributed by atoms with Crippen molar-refractivity contribution in [3.05, 3.63) is 29.3 Å². The van der Waals surface area contributed by atoms with Crippen LogP contribution >= 0.6 is 12.2 Å². The largest absolute Gasteiger partial charge is 0.389 e. The molecule has 116 valence electrons. The zero-order chi connectivity index (χ0) is 15.8. The normalized spacial score (nSPS) is 19.4. The van der Waals surface area contributed by atoms with Gasteiger partial charge in [-0.15, -0.1) is 0 Å². The van der Waals surface area contributed by atoms with Crippen molar-refractivity contribution >= 4 is 27.2 Å². The van der Waals surface area contributed by atoms with E-state index in [2.05, 4.69) is 0 Å². The average Bonchev–Trinajstić information content (AvgIpc) is 2.37. The molecule has 1 fully saturated rings. The Labute approximate surface area is 131 Å². The summed E-state index contributed by atoms with van der Waals surface area (Å²) in [6.07, 6.45) is 0. The molecule has 1 saturated heterocycles. The summed E-state index contributed by atoms with van der Waals surface area (Å²) in [5, 5.41) is 0. The molecule has 1 aromatic rings. The Morgan fingerprint density at radius 3 is 2.62 bits per heavy atom. The van der Waals surface area contributed by atoms with Crippen LogP contribution in [0.15, 0.2) is 23.1 Å². The SMILES string of the molecule is Cc1cc(S(=O)(=O)N2CCOCC2(C)C)ccc1C(N)=S. The van der Waals surface area contributed by atoms with Crippen LogP contribution in [0.5, 0.6) is 0 Å². The predicted molar refractivity (Wildman–Crippen MR) is 85.9 cm³/mol. The molecule has 7 heteroatoms. The van der Waals surface area contributed by atoms with Crippen molar-refractivity contribution in [3.8, 4) is 0 Å². The molecular weight excluding hydrogens is 308 g/mol. The molecule has 21 heavy (non-hydrogen) atoms. The van der Waals surface area contributed by atoms with E-state index in [4.69, 9.17) is 22.7 Å². The maximum Gasteiger partial charge on any atom is 0.243 e. The summed E-state index contributed by atoms with van der Waals surface area (Å²) in [5.41, 5.74) is 6.51. The van der Waals surface area contributed by atoms with Gasteiger partial charge in [0, 0.05) is 12.1 Å². The highest BCUT2D eigenvalue weighted by Crippen LogP contribution is 2.28. The van der Waals surface area contributed by atoms with Gasteiger partial charge in [0.1, 0.15) is 4.99 Å². The molecule has 0 aromatic heterocycles. The third kappa shape index (κ3) is 3.11. The number of benzene rings is 1. The molecule has 0 bridgehead atoms. The lowest BCUT2D eigenvalue weighted by molar-refractivity contribution is -0.00770.